The standard InChI is InChI=1S/C20H17N5O3/c26-20(21-10-9-14-11-22-19-4-2-1-3-18(14)19)15-12-23-24(13-15)16-5-7-17(8-6-16)25(27)28/h1-8,11-13,22H,9-10H2,(H,21,26). The maximum atomic E-state index is 12.4. The third kappa shape index (κ3) is 3.48. The summed E-state index contributed by atoms with van der Waals surface area (Å²) >= 11 is 0. The summed E-state index contributed by atoms with van der Waals surface area (Å²) in [5.41, 5.74) is 3.30. The van der Waals surface area contributed by atoms with E-state index in [-0.39, 0.29) is 11.6 Å². The second-order valence-electron chi connectivity index (χ2n) is 6.31. The zero-order valence-electron chi connectivity index (χ0n) is 14.8. The van der Waals surface area contributed by atoms with Gasteiger partial charge in [0.25, 0.3) is 11.6 Å². The highest BCUT2D eigenvalue weighted by atomic mass is 16.6. The predicted molar refractivity (Wildman–Crippen MR) is 105 cm³/mol. The van der Waals surface area contributed by atoms with Crippen molar-refractivity contribution in [3.63, 3.8) is 0 Å². The number of rotatable bonds is 6. The fraction of sp³-hybridized carbons (Fsp3) is 0.100. The Labute approximate surface area is 160 Å². The SMILES string of the molecule is O=C(NCCc1c[nH]c2ccccc12)c1cnn(-c2ccc([N+](=O)[O-])cc2)c1. The van der Waals surface area contributed by atoms with Gasteiger partial charge in [0.1, 0.15) is 0 Å². The van der Waals surface area contributed by atoms with Crippen LogP contribution in [0, 0.1) is 10.1 Å². The number of para-hydroxylation sites is 1. The van der Waals surface area contributed by atoms with Crippen molar-refractivity contribution < 1.29 is 9.72 Å². The number of H-pyrrole nitrogens is 1. The van der Waals surface area contributed by atoms with Gasteiger partial charge in [0, 0.05) is 42.0 Å². The van der Waals surface area contributed by atoms with Crippen LogP contribution in [0.4, 0.5) is 5.69 Å². The second-order valence-corrected chi connectivity index (χ2v) is 6.31. The van der Waals surface area contributed by atoms with Gasteiger partial charge in [-0.25, -0.2) is 4.68 Å². The quantitative estimate of drug-likeness (QED) is 0.398. The normalized spacial score (nSPS) is 10.9. The first-order valence-electron chi connectivity index (χ1n) is 8.74. The van der Waals surface area contributed by atoms with E-state index < -0.39 is 4.92 Å². The van der Waals surface area contributed by atoms with E-state index >= 15 is 0 Å². The van der Waals surface area contributed by atoms with E-state index in [9.17, 15) is 14.9 Å². The lowest BCUT2D eigenvalue weighted by molar-refractivity contribution is -0.384. The Morgan fingerprint density at radius 1 is 1.18 bits per heavy atom. The Morgan fingerprint density at radius 2 is 1.96 bits per heavy atom. The Balaban J connectivity index is 1.38. The lowest BCUT2D eigenvalue weighted by atomic mass is 10.1. The third-order valence-electron chi connectivity index (χ3n) is 4.52. The molecule has 0 unspecified atom stereocenters. The van der Waals surface area contributed by atoms with Crippen LogP contribution in [0.25, 0.3) is 16.6 Å². The molecule has 0 bridgehead atoms. The van der Waals surface area contributed by atoms with Crippen LogP contribution in [0.2, 0.25) is 0 Å². The van der Waals surface area contributed by atoms with Crippen molar-refractivity contribution in [1.29, 1.82) is 0 Å². The molecule has 0 aliphatic rings. The van der Waals surface area contributed by atoms with Crippen molar-refractivity contribution in [2.24, 2.45) is 0 Å². The van der Waals surface area contributed by atoms with Gasteiger partial charge < -0.3 is 10.3 Å². The first-order valence-corrected chi connectivity index (χ1v) is 8.74. The number of hydrogen-bond acceptors (Lipinski definition) is 4. The van der Waals surface area contributed by atoms with E-state index in [4.69, 9.17) is 0 Å². The van der Waals surface area contributed by atoms with E-state index in [1.807, 2.05) is 24.4 Å². The average molecular weight is 375 g/mol. The summed E-state index contributed by atoms with van der Waals surface area (Å²) in [6, 6.07) is 14.0. The molecule has 2 aromatic heterocycles. The zero-order valence-corrected chi connectivity index (χ0v) is 14.8. The van der Waals surface area contributed by atoms with Crippen molar-refractivity contribution in [2.45, 2.75) is 6.42 Å². The smallest absolute Gasteiger partial charge is 0.269 e. The highest BCUT2D eigenvalue weighted by molar-refractivity contribution is 5.93. The minimum atomic E-state index is -0.459. The summed E-state index contributed by atoms with van der Waals surface area (Å²) in [4.78, 5) is 25.9. The van der Waals surface area contributed by atoms with Gasteiger partial charge in [-0.3, -0.25) is 14.9 Å². The van der Waals surface area contributed by atoms with Crippen molar-refractivity contribution >= 4 is 22.5 Å². The van der Waals surface area contributed by atoms with Gasteiger partial charge in [-0.15, -0.1) is 0 Å². The number of nitro benzene ring substituents is 1. The number of hydrogen-bond donors (Lipinski definition) is 2. The number of nitrogens with one attached hydrogen (secondary N) is 2. The molecule has 0 saturated heterocycles. The molecule has 2 heterocycles. The monoisotopic (exact) mass is 375 g/mol. The third-order valence-corrected chi connectivity index (χ3v) is 4.52. The van der Waals surface area contributed by atoms with E-state index in [1.54, 1.807) is 18.3 Å². The van der Waals surface area contributed by atoms with Gasteiger partial charge in [0.05, 0.1) is 22.4 Å². The summed E-state index contributed by atoms with van der Waals surface area (Å²) < 4.78 is 1.51. The molecule has 0 atom stereocenters. The summed E-state index contributed by atoms with van der Waals surface area (Å²) in [6.07, 6.45) is 5.75. The number of aromatic amines is 1. The summed E-state index contributed by atoms with van der Waals surface area (Å²) in [5.74, 6) is -0.215. The topological polar surface area (TPSA) is 106 Å². The van der Waals surface area contributed by atoms with Crippen molar-refractivity contribution in [2.75, 3.05) is 6.54 Å². The number of aromatic nitrogens is 3. The molecule has 0 saturated carbocycles. The number of non-ortho nitro benzene ring substituents is 1. The molecule has 2 N–H and O–H groups in total. The van der Waals surface area contributed by atoms with Crippen LogP contribution in [-0.2, 0) is 6.42 Å². The van der Waals surface area contributed by atoms with Gasteiger partial charge in [0.15, 0.2) is 0 Å². The van der Waals surface area contributed by atoms with E-state index in [0.717, 1.165) is 16.5 Å². The van der Waals surface area contributed by atoms with Crippen LogP contribution in [0.15, 0.2) is 67.1 Å². The van der Waals surface area contributed by atoms with E-state index in [2.05, 4.69) is 21.5 Å². The molecule has 4 aromatic rings. The van der Waals surface area contributed by atoms with Gasteiger partial charge in [-0.2, -0.15) is 5.10 Å². The van der Waals surface area contributed by atoms with Gasteiger partial charge >= 0.3 is 0 Å². The van der Waals surface area contributed by atoms with Crippen LogP contribution in [-0.4, -0.2) is 32.1 Å². The fourth-order valence-electron chi connectivity index (χ4n) is 3.06. The molecule has 0 aliphatic carbocycles. The number of carbonyl (C=O) groups is 1. The number of nitro groups is 1. The zero-order chi connectivity index (χ0) is 19.5. The first-order chi connectivity index (χ1) is 13.6. The van der Waals surface area contributed by atoms with Crippen molar-refractivity contribution in [3.8, 4) is 5.69 Å². The molecular weight excluding hydrogens is 358 g/mol. The highest BCUT2D eigenvalue weighted by Crippen LogP contribution is 2.18. The molecule has 1 amide bonds. The minimum absolute atomic E-state index is 0.00570. The van der Waals surface area contributed by atoms with Crippen LogP contribution >= 0.6 is 0 Å². The fourth-order valence-corrected chi connectivity index (χ4v) is 3.06. The molecule has 0 spiro atoms. The van der Waals surface area contributed by atoms with Gasteiger partial charge in [-0.1, -0.05) is 18.2 Å². The molecule has 8 nitrogen and oxygen atoms in total. The highest BCUT2D eigenvalue weighted by Gasteiger charge is 2.11. The predicted octanol–water partition coefficient (Wildman–Crippen LogP) is 3.23. The molecule has 0 aliphatic heterocycles. The number of amides is 1. The van der Waals surface area contributed by atoms with Crippen molar-refractivity contribution in [1.82, 2.24) is 20.1 Å². The van der Waals surface area contributed by atoms with E-state index in [0.29, 0.717) is 24.2 Å². The van der Waals surface area contributed by atoms with Crippen LogP contribution in [0.5, 0.6) is 0 Å². The number of nitrogens with zero attached hydrogens (tertiary/aromatic N) is 3. The summed E-state index contributed by atoms with van der Waals surface area (Å²) in [6.45, 7) is 0.503. The molecule has 140 valence electrons. The molecule has 0 fully saturated rings. The first kappa shape index (κ1) is 17.5. The van der Waals surface area contributed by atoms with Crippen LogP contribution < -0.4 is 5.32 Å². The second kappa shape index (κ2) is 7.36. The Kier molecular flexibility index (Phi) is 4.59. The largest absolute Gasteiger partial charge is 0.361 e. The summed E-state index contributed by atoms with van der Waals surface area (Å²) in [5, 5.41) is 18.9. The Hall–Kier alpha value is -3.94. The number of benzene rings is 2. The van der Waals surface area contributed by atoms with Crippen LogP contribution in [0.1, 0.15) is 15.9 Å². The lowest BCUT2D eigenvalue weighted by Gasteiger charge is -2.03. The molecule has 4 rings (SSSR count). The average Bonchev–Trinajstić information content (AvgIpc) is 3.36. The molecule has 8 heteroatoms. The Bertz CT molecular complexity index is 1140. The van der Waals surface area contributed by atoms with Gasteiger partial charge in [-0.05, 0) is 30.2 Å². The molecule has 28 heavy (non-hydrogen) atoms. The molecule has 0 radical (unpaired) electrons. The lowest BCUT2D eigenvalue weighted by Crippen LogP contribution is -2.25. The van der Waals surface area contributed by atoms with E-state index in [1.165, 1.54) is 23.0 Å². The number of fused-ring (bicyclic) bond motifs is 1. The van der Waals surface area contributed by atoms with Gasteiger partial charge in [0.2, 0.25) is 0 Å². The minimum Gasteiger partial charge on any atom is -0.361 e. The van der Waals surface area contributed by atoms with Crippen LogP contribution in [0.3, 0.4) is 0 Å². The molecular formula is C20H17N5O3. The molecule has 2 aromatic carbocycles. The number of carbonyl (C=O) groups excluding carboxylic acids is 1. The Morgan fingerprint density at radius 3 is 2.75 bits per heavy atom. The maximum absolute atomic E-state index is 12.4. The van der Waals surface area contributed by atoms with Crippen molar-refractivity contribution in [3.05, 3.63) is 88.4 Å². The maximum Gasteiger partial charge on any atom is 0.269 e. The summed E-state index contributed by atoms with van der Waals surface area (Å²) in [7, 11) is 0.